The smallest absolute Gasteiger partial charge is 0.462 e. The van der Waals surface area contributed by atoms with Gasteiger partial charge in [0.15, 0.2) is 6.10 Å². The lowest BCUT2D eigenvalue weighted by molar-refractivity contribution is -0.161. The van der Waals surface area contributed by atoms with Crippen LogP contribution in [0.2, 0.25) is 0 Å². The van der Waals surface area contributed by atoms with Crippen LogP contribution >= 0.6 is 7.82 Å². The van der Waals surface area contributed by atoms with Crippen LogP contribution in [0.5, 0.6) is 0 Å². The Morgan fingerprint density at radius 3 is 1.53 bits per heavy atom. The Hall–Kier alpha value is -2.55. The first-order valence-electron chi connectivity index (χ1n) is 21.4. The van der Waals surface area contributed by atoms with Crippen molar-refractivity contribution >= 4 is 19.8 Å². The Bertz CT molecular complexity index is 1130. The van der Waals surface area contributed by atoms with Gasteiger partial charge in [0.05, 0.1) is 13.2 Å². The Balaban J connectivity index is 4.23. The fourth-order valence-electron chi connectivity index (χ4n) is 5.42. The normalized spacial score (nSPS) is 14.0. The van der Waals surface area contributed by atoms with Crippen LogP contribution in [0, 0.1) is 0 Å². The Morgan fingerprint density at radius 2 is 1.00 bits per heavy atom. The summed E-state index contributed by atoms with van der Waals surface area (Å²) in [5, 5.41) is 0. The zero-order chi connectivity index (χ0) is 40.3. The maximum atomic E-state index is 12.6. The topological polar surface area (TPSA) is 134 Å². The van der Waals surface area contributed by atoms with Gasteiger partial charge in [0, 0.05) is 19.4 Å². The Labute approximate surface area is 335 Å². The first-order valence-corrected chi connectivity index (χ1v) is 22.9. The highest BCUT2D eigenvalue weighted by Crippen LogP contribution is 2.43. The van der Waals surface area contributed by atoms with E-state index in [1.807, 2.05) is 0 Å². The Morgan fingerprint density at radius 1 is 0.564 bits per heavy atom. The lowest BCUT2D eigenvalue weighted by atomic mass is 10.1. The van der Waals surface area contributed by atoms with Crippen molar-refractivity contribution in [2.75, 3.05) is 26.4 Å². The lowest BCUT2D eigenvalue weighted by Crippen LogP contribution is -2.29. The number of carbonyl (C=O) groups is 2. The summed E-state index contributed by atoms with van der Waals surface area (Å²) in [4.78, 5) is 34.8. The van der Waals surface area contributed by atoms with Crippen molar-refractivity contribution in [1.82, 2.24) is 0 Å². The number of carbonyl (C=O) groups excluding carboxylic acids is 2. The number of rotatable bonds is 39. The third kappa shape index (κ3) is 40.9. The molecule has 0 amide bonds. The number of ether oxygens (including phenoxy) is 2. The van der Waals surface area contributed by atoms with Crippen molar-refractivity contribution in [2.24, 2.45) is 5.73 Å². The molecular formula is C45H78NO8P. The summed E-state index contributed by atoms with van der Waals surface area (Å²) < 4.78 is 32.7. The summed E-state index contributed by atoms with van der Waals surface area (Å²) in [6.45, 7) is 3.53. The lowest BCUT2D eigenvalue weighted by Gasteiger charge is -2.19. The van der Waals surface area contributed by atoms with Crippen LogP contribution in [0.3, 0.4) is 0 Å². The van der Waals surface area contributed by atoms with Crippen molar-refractivity contribution in [3.8, 4) is 0 Å². The van der Waals surface area contributed by atoms with Crippen LogP contribution in [0.1, 0.15) is 168 Å². The average molecular weight is 792 g/mol. The number of hydrogen-bond acceptors (Lipinski definition) is 8. The van der Waals surface area contributed by atoms with Crippen molar-refractivity contribution in [3.05, 3.63) is 72.9 Å². The van der Waals surface area contributed by atoms with Gasteiger partial charge in [-0.25, -0.2) is 4.57 Å². The highest BCUT2D eigenvalue weighted by molar-refractivity contribution is 7.47. The minimum Gasteiger partial charge on any atom is -0.462 e. The van der Waals surface area contributed by atoms with Crippen LogP contribution in [0.15, 0.2) is 72.9 Å². The van der Waals surface area contributed by atoms with Gasteiger partial charge in [-0.15, -0.1) is 0 Å². The van der Waals surface area contributed by atoms with Gasteiger partial charge in [0.2, 0.25) is 0 Å². The van der Waals surface area contributed by atoms with Crippen LogP contribution in [-0.4, -0.2) is 49.3 Å². The Kier molecular flexibility index (Phi) is 39.2. The van der Waals surface area contributed by atoms with Crippen LogP contribution in [-0.2, 0) is 32.7 Å². The maximum Gasteiger partial charge on any atom is 0.472 e. The molecule has 9 nitrogen and oxygen atoms in total. The van der Waals surface area contributed by atoms with Gasteiger partial charge < -0.3 is 20.1 Å². The molecule has 0 rings (SSSR count). The molecule has 55 heavy (non-hydrogen) atoms. The number of unbranched alkanes of at least 4 members (excludes halogenated alkanes) is 14. The quantitative estimate of drug-likeness (QED) is 0.0270. The van der Waals surface area contributed by atoms with E-state index in [9.17, 15) is 19.0 Å². The monoisotopic (exact) mass is 792 g/mol. The summed E-state index contributed by atoms with van der Waals surface area (Å²) in [6, 6.07) is 0. The van der Waals surface area contributed by atoms with Crippen molar-refractivity contribution in [2.45, 2.75) is 174 Å². The van der Waals surface area contributed by atoms with E-state index in [1.54, 1.807) is 0 Å². The van der Waals surface area contributed by atoms with Crippen molar-refractivity contribution < 1.29 is 37.6 Å². The zero-order valence-electron chi connectivity index (χ0n) is 34.6. The van der Waals surface area contributed by atoms with E-state index < -0.39 is 32.5 Å². The van der Waals surface area contributed by atoms with E-state index in [0.29, 0.717) is 12.8 Å². The minimum atomic E-state index is -4.39. The van der Waals surface area contributed by atoms with Crippen molar-refractivity contribution in [3.63, 3.8) is 0 Å². The minimum absolute atomic E-state index is 0.0434. The number of nitrogens with two attached hydrogens (primary N) is 1. The number of hydrogen-bond donors (Lipinski definition) is 2. The highest BCUT2D eigenvalue weighted by atomic mass is 31.2. The summed E-state index contributed by atoms with van der Waals surface area (Å²) in [5.74, 6) is -0.888. The van der Waals surface area contributed by atoms with E-state index in [1.165, 1.54) is 57.8 Å². The molecule has 316 valence electrons. The second-order valence-corrected chi connectivity index (χ2v) is 15.3. The molecular weight excluding hydrogens is 713 g/mol. The van der Waals surface area contributed by atoms with Crippen LogP contribution in [0.25, 0.3) is 0 Å². The molecule has 0 aromatic carbocycles. The third-order valence-corrected chi connectivity index (χ3v) is 9.56. The molecule has 0 aromatic heterocycles. The van der Waals surface area contributed by atoms with E-state index in [2.05, 4.69) is 86.8 Å². The fraction of sp³-hybridized carbons (Fsp3) is 0.689. The van der Waals surface area contributed by atoms with Gasteiger partial charge in [-0.3, -0.25) is 18.6 Å². The van der Waals surface area contributed by atoms with Crippen LogP contribution < -0.4 is 5.73 Å². The molecule has 0 spiro atoms. The van der Waals surface area contributed by atoms with Gasteiger partial charge >= 0.3 is 19.8 Å². The molecule has 3 N–H and O–H groups in total. The number of esters is 2. The summed E-state index contributed by atoms with van der Waals surface area (Å²) in [5.41, 5.74) is 5.34. The molecule has 0 aliphatic rings. The van der Waals surface area contributed by atoms with Crippen molar-refractivity contribution in [1.29, 1.82) is 0 Å². The summed E-state index contributed by atoms with van der Waals surface area (Å²) in [6.07, 6.45) is 49.3. The molecule has 0 aromatic rings. The van der Waals surface area contributed by atoms with Gasteiger partial charge in [0.1, 0.15) is 6.61 Å². The van der Waals surface area contributed by atoms with E-state index in [4.69, 9.17) is 24.3 Å². The molecule has 0 fully saturated rings. The van der Waals surface area contributed by atoms with Gasteiger partial charge in [0.25, 0.3) is 0 Å². The zero-order valence-corrected chi connectivity index (χ0v) is 35.5. The van der Waals surface area contributed by atoms with E-state index in [-0.39, 0.29) is 32.6 Å². The molecule has 0 aliphatic carbocycles. The van der Waals surface area contributed by atoms with Gasteiger partial charge in [-0.2, -0.15) is 0 Å². The molecule has 1 unspecified atom stereocenters. The largest absolute Gasteiger partial charge is 0.472 e. The molecule has 0 saturated carbocycles. The fourth-order valence-corrected chi connectivity index (χ4v) is 6.18. The number of phosphoric ester groups is 1. The molecule has 0 aliphatic heterocycles. The van der Waals surface area contributed by atoms with Gasteiger partial charge in [-0.1, -0.05) is 145 Å². The highest BCUT2D eigenvalue weighted by Gasteiger charge is 2.25. The first kappa shape index (κ1) is 52.5. The molecule has 2 atom stereocenters. The summed E-state index contributed by atoms with van der Waals surface area (Å²) >= 11 is 0. The molecule has 0 heterocycles. The molecule has 0 saturated heterocycles. The molecule has 10 heteroatoms. The predicted octanol–water partition coefficient (Wildman–Crippen LogP) is 12.3. The average Bonchev–Trinajstić information content (AvgIpc) is 3.17. The number of phosphoric acid groups is 1. The third-order valence-electron chi connectivity index (χ3n) is 8.58. The van der Waals surface area contributed by atoms with E-state index >= 15 is 0 Å². The second kappa shape index (κ2) is 41.1. The SMILES string of the molecule is CCC=CCC=CCC=CCC=CCCCCC(=O)OC[C@H](COP(=O)(O)OCCN)OC(=O)CCCCCCCCCCCC=CCC=CCCCCC. The standard InChI is InChI=1S/C45H78NO8P/c1-3-5-7-9-11-13-15-17-19-20-21-22-24-26-28-30-32-34-36-38-45(48)54-43(42-53-55(49,50)52-40-39-46)41-51-44(47)37-35-33-31-29-27-25-23-18-16-14-12-10-8-6-4-2/h6,8,11-14,17-19,23,27,29,43H,3-5,7,9-10,15-16,20-22,24-26,28,30-42,46H2,1-2H3,(H,49,50)/t43-/m1/s1. The van der Waals surface area contributed by atoms with Crippen LogP contribution in [0.4, 0.5) is 0 Å². The maximum absolute atomic E-state index is 12.6. The van der Waals surface area contributed by atoms with Gasteiger partial charge in [-0.05, 0) is 83.5 Å². The summed E-state index contributed by atoms with van der Waals surface area (Å²) in [7, 11) is -4.39. The second-order valence-electron chi connectivity index (χ2n) is 13.8. The molecule has 0 radical (unpaired) electrons. The predicted molar refractivity (Wildman–Crippen MR) is 229 cm³/mol. The molecule has 0 bridgehead atoms. The number of allylic oxidation sites excluding steroid dienone is 12. The first-order chi connectivity index (χ1) is 26.8. The van der Waals surface area contributed by atoms with E-state index in [0.717, 1.165) is 70.6 Å².